The molecule has 78 valence electrons. The number of aryl methyl sites for hydroxylation is 1. The maximum atomic E-state index is 6.26. The average molecular weight is 214 g/mol. The van der Waals surface area contributed by atoms with Gasteiger partial charge in [0.2, 0.25) is 0 Å². The molecule has 1 heterocycles. The van der Waals surface area contributed by atoms with Gasteiger partial charge in [-0.1, -0.05) is 13.3 Å². The summed E-state index contributed by atoms with van der Waals surface area (Å²) in [5.74, 6) is 1.51. The van der Waals surface area contributed by atoms with E-state index in [4.69, 9.17) is 11.6 Å². The zero-order valence-corrected chi connectivity index (χ0v) is 9.24. The van der Waals surface area contributed by atoms with Gasteiger partial charge in [0.1, 0.15) is 12.2 Å². The molecule has 1 aromatic heterocycles. The number of hydrogen-bond acceptors (Lipinski definition) is 2. The lowest BCUT2D eigenvalue weighted by molar-refractivity contribution is 0.530. The maximum absolute atomic E-state index is 6.26. The Labute approximate surface area is 89.5 Å². The highest BCUT2D eigenvalue weighted by atomic mass is 35.5. The van der Waals surface area contributed by atoms with Crippen LogP contribution in [0.3, 0.4) is 0 Å². The van der Waals surface area contributed by atoms with Crippen molar-refractivity contribution in [2.75, 3.05) is 0 Å². The quantitative estimate of drug-likeness (QED) is 0.723. The number of alkyl halides is 1. The molecule has 0 amide bonds. The van der Waals surface area contributed by atoms with Crippen LogP contribution in [-0.4, -0.2) is 20.1 Å². The van der Waals surface area contributed by atoms with Gasteiger partial charge in [0, 0.05) is 17.8 Å². The normalized spacial score (nSPS) is 27.0. The van der Waals surface area contributed by atoms with Crippen molar-refractivity contribution in [2.45, 2.75) is 50.4 Å². The van der Waals surface area contributed by atoms with Crippen molar-refractivity contribution in [1.29, 1.82) is 0 Å². The Morgan fingerprint density at radius 1 is 1.57 bits per heavy atom. The number of halogens is 1. The molecule has 0 N–H and O–H groups in total. The summed E-state index contributed by atoms with van der Waals surface area (Å²) in [6.45, 7) is 3.10. The molecule has 1 fully saturated rings. The predicted octanol–water partition coefficient (Wildman–Crippen LogP) is 2.56. The summed E-state index contributed by atoms with van der Waals surface area (Å²) >= 11 is 6.26. The second-order valence-corrected chi connectivity index (χ2v) is 4.46. The smallest absolute Gasteiger partial charge is 0.138 e. The van der Waals surface area contributed by atoms with Crippen LogP contribution in [-0.2, 0) is 6.54 Å². The van der Waals surface area contributed by atoms with Crippen LogP contribution in [0.2, 0.25) is 0 Å². The van der Waals surface area contributed by atoms with Gasteiger partial charge in [0.25, 0.3) is 0 Å². The second kappa shape index (κ2) is 4.30. The minimum atomic E-state index is 0.259. The molecule has 0 saturated heterocycles. The summed E-state index contributed by atoms with van der Waals surface area (Å²) in [7, 11) is 0. The van der Waals surface area contributed by atoms with Gasteiger partial charge in [0.05, 0.1) is 0 Å². The van der Waals surface area contributed by atoms with E-state index in [1.807, 2.05) is 4.68 Å². The van der Waals surface area contributed by atoms with Gasteiger partial charge >= 0.3 is 0 Å². The molecule has 2 rings (SSSR count). The molecule has 2 unspecified atom stereocenters. The molecular weight excluding hydrogens is 198 g/mol. The summed E-state index contributed by atoms with van der Waals surface area (Å²) in [5.41, 5.74) is 0. The Balaban J connectivity index is 2.17. The van der Waals surface area contributed by atoms with Crippen molar-refractivity contribution < 1.29 is 0 Å². The maximum Gasteiger partial charge on any atom is 0.138 e. The van der Waals surface area contributed by atoms with Gasteiger partial charge in [-0.2, -0.15) is 5.10 Å². The predicted molar refractivity (Wildman–Crippen MR) is 56.5 cm³/mol. The highest BCUT2D eigenvalue weighted by molar-refractivity contribution is 6.21. The van der Waals surface area contributed by atoms with Crippen molar-refractivity contribution in [1.82, 2.24) is 14.8 Å². The fourth-order valence-electron chi connectivity index (χ4n) is 2.15. The number of hydrogen-bond donors (Lipinski definition) is 0. The SMILES string of the molecule is CCCn1ncnc1C1CCCC1Cl. The summed E-state index contributed by atoms with van der Waals surface area (Å²) < 4.78 is 2.01. The lowest BCUT2D eigenvalue weighted by Crippen LogP contribution is -2.14. The van der Waals surface area contributed by atoms with E-state index in [2.05, 4.69) is 17.0 Å². The van der Waals surface area contributed by atoms with Gasteiger partial charge in [-0.15, -0.1) is 11.6 Å². The molecule has 1 aliphatic carbocycles. The highest BCUT2D eigenvalue weighted by Gasteiger charge is 2.30. The Morgan fingerprint density at radius 3 is 3.07 bits per heavy atom. The van der Waals surface area contributed by atoms with Crippen molar-refractivity contribution in [2.24, 2.45) is 0 Å². The van der Waals surface area contributed by atoms with E-state index in [9.17, 15) is 0 Å². The molecule has 1 aromatic rings. The first-order chi connectivity index (χ1) is 6.83. The molecule has 0 radical (unpaired) electrons. The van der Waals surface area contributed by atoms with Gasteiger partial charge in [-0.25, -0.2) is 9.67 Å². The van der Waals surface area contributed by atoms with E-state index >= 15 is 0 Å². The first-order valence-corrected chi connectivity index (χ1v) is 5.78. The van der Waals surface area contributed by atoms with Crippen LogP contribution >= 0.6 is 11.6 Å². The van der Waals surface area contributed by atoms with Crippen LogP contribution in [0.25, 0.3) is 0 Å². The fraction of sp³-hybridized carbons (Fsp3) is 0.800. The fourth-order valence-corrected chi connectivity index (χ4v) is 2.54. The van der Waals surface area contributed by atoms with Crippen molar-refractivity contribution in [3.63, 3.8) is 0 Å². The molecule has 3 nitrogen and oxygen atoms in total. The Bertz CT molecular complexity index is 297. The third kappa shape index (κ3) is 1.78. The standard InChI is InChI=1S/C10H16ClN3/c1-2-6-14-10(12-7-13-14)8-4-3-5-9(8)11/h7-9H,2-6H2,1H3. The van der Waals surface area contributed by atoms with Crippen LogP contribution in [0, 0.1) is 0 Å². The molecule has 4 heteroatoms. The third-order valence-electron chi connectivity index (χ3n) is 2.84. The van der Waals surface area contributed by atoms with Crippen LogP contribution in [0.4, 0.5) is 0 Å². The van der Waals surface area contributed by atoms with Crippen molar-refractivity contribution in [3.05, 3.63) is 12.2 Å². The largest absolute Gasteiger partial charge is 0.250 e. The van der Waals surface area contributed by atoms with E-state index in [-0.39, 0.29) is 5.38 Å². The lowest BCUT2D eigenvalue weighted by Gasteiger charge is -2.13. The first-order valence-electron chi connectivity index (χ1n) is 5.34. The minimum Gasteiger partial charge on any atom is -0.250 e. The number of rotatable bonds is 3. The van der Waals surface area contributed by atoms with Gasteiger partial charge < -0.3 is 0 Å². The van der Waals surface area contributed by atoms with Crippen LogP contribution in [0.15, 0.2) is 6.33 Å². The topological polar surface area (TPSA) is 30.7 Å². The molecule has 0 aromatic carbocycles. The Hall–Kier alpha value is -0.570. The zero-order chi connectivity index (χ0) is 9.97. The van der Waals surface area contributed by atoms with Gasteiger partial charge in [-0.3, -0.25) is 0 Å². The van der Waals surface area contributed by atoms with E-state index in [1.54, 1.807) is 6.33 Å². The van der Waals surface area contributed by atoms with Crippen LogP contribution < -0.4 is 0 Å². The molecule has 2 atom stereocenters. The van der Waals surface area contributed by atoms with E-state index < -0.39 is 0 Å². The second-order valence-electron chi connectivity index (χ2n) is 3.89. The Morgan fingerprint density at radius 2 is 2.43 bits per heavy atom. The van der Waals surface area contributed by atoms with E-state index in [0.29, 0.717) is 5.92 Å². The van der Waals surface area contributed by atoms with Crippen molar-refractivity contribution >= 4 is 11.6 Å². The van der Waals surface area contributed by atoms with Gasteiger partial charge in [0.15, 0.2) is 0 Å². The average Bonchev–Trinajstić information content (AvgIpc) is 2.74. The van der Waals surface area contributed by atoms with Crippen LogP contribution in [0.5, 0.6) is 0 Å². The summed E-state index contributed by atoms with van der Waals surface area (Å²) in [6.07, 6.45) is 6.24. The summed E-state index contributed by atoms with van der Waals surface area (Å²) in [5, 5.41) is 4.49. The van der Waals surface area contributed by atoms with Crippen LogP contribution in [0.1, 0.15) is 44.3 Å². The first kappa shape index (κ1) is 9.97. The molecule has 0 bridgehead atoms. The molecule has 0 aliphatic heterocycles. The highest BCUT2D eigenvalue weighted by Crippen LogP contribution is 2.36. The molecule has 0 spiro atoms. The molecule has 1 saturated carbocycles. The number of nitrogens with zero attached hydrogens (tertiary/aromatic N) is 3. The molecule has 1 aliphatic rings. The lowest BCUT2D eigenvalue weighted by atomic mass is 10.1. The summed E-state index contributed by atoms with van der Waals surface area (Å²) in [4.78, 5) is 4.33. The Kier molecular flexibility index (Phi) is 3.06. The van der Waals surface area contributed by atoms with E-state index in [1.165, 1.54) is 6.42 Å². The van der Waals surface area contributed by atoms with E-state index in [0.717, 1.165) is 31.6 Å². The van der Waals surface area contributed by atoms with Gasteiger partial charge in [-0.05, 0) is 19.3 Å². The molecule has 14 heavy (non-hydrogen) atoms. The van der Waals surface area contributed by atoms with Crippen molar-refractivity contribution in [3.8, 4) is 0 Å². The summed E-state index contributed by atoms with van der Waals surface area (Å²) in [6, 6.07) is 0. The monoisotopic (exact) mass is 213 g/mol. The number of aromatic nitrogens is 3. The molecular formula is C10H16ClN3. The third-order valence-corrected chi connectivity index (χ3v) is 3.37. The minimum absolute atomic E-state index is 0.259. The zero-order valence-electron chi connectivity index (χ0n) is 8.49.